The molecule has 0 bridgehead atoms. The van der Waals surface area contributed by atoms with Crippen molar-refractivity contribution in [3.8, 4) is 0 Å². The maximum absolute atomic E-state index is 4.97. The van der Waals surface area contributed by atoms with Gasteiger partial charge in [-0.1, -0.05) is 18.0 Å². The number of aryl methyl sites for hydroxylation is 1. The van der Waals surface area contributed by atoms with Crippen molar-refractivity contribution in [2.24, 2.45) is 10.9 Å². The van der Waals surface area contributed by atoms with Crippen molar-refractivity contribution in [1.82, 2.24) is 25.7 Å². The van der Waals surface area contributed by atoms with Crippen molar-refractivity contribution in [1.29, 1.82) is 0 Å². The van der Waals surface area contributed by atoms with Gasteiger partial charge in [-0.2, -0.15) is 4.98 Å². The van der Waals surface area contributed by atoms with Crippen molar-refractivity contribution in [3.63, 3.8) is 0 Å². The zero-order chi connectivity index (χ0) is 16.1. The first kappa shape index (κ1) is 19.4. The molecule has 7 nitrogen and oxygen atoms in total. The molecule has 1 aromatic heterocycles. The molecular formula is C16H29IN6O. The molecule has 0 spiro atoms. The number of halogens is 1. The molecule has 2 N–H and O–H groups in total. The van der Waals surface area contributed by atoms with Crippen LogP contribution in [0.3, 0.4) is 0 Å². The van der Waals surface area contributed by atoms with Gasteiger partial charge in [0.25, 0.3) is 0 Å². The minimum atomic E-state index is 0. The summed E-state index contributed by atoms with van der Waals surface area (Å²) in [7, 11) is 1.79. The third kappa shape index (κ3) is 5.58. The lowest BCUT2D eigenvalue weighted by atomic mass is 10.1. The first-order chi connectivity index (χ1) is 11.2. The molecular weight excluding hydrogens is 419 g/mol. The van der Waals surface area contributed by atoms with E-state index in [-0.39, 0.29) is 24.0 Å². The van der Waals surface area contributed by atoms with E-state index in [2.05, 4.69) is 30.7 Å². The highest BCUT2D eigenvalue weighted by atomic mass is 127. The summed E-state index contributed by atoms with van der Waals surface area (Å²) >= 11 is 0. The average Bonchev–Trinajstić information content (AvgIpc) is 3.27. The third-order valence-corrected chi connectivity index (χ3v) is 4.81. The van der Waals surface area contributed by atoms with Crippen LogP contribution in [-0.4, -0.2) is 53.7 Å². The van der Waals surface area contributed by atoms with E-state index in [1.807, 2.05) is 0 Å². The van der Waals surface area contributed by atoms with Crippen LogP contribution in [0.5, 0.6) is 0 Å². The molecule has 24 heavy (non-hydrogen) atoms. The van der Waals surface area contributed by atoms with Gasteiger partial charge in [0.05, 0.1) is 6.54 Å². The van der Waals surface area contributed by atoms with Crippen LogP contribution in [-0.2, 0) is 6.54 Å². The second kappa shape index (κ2) is 9.55. The Kier molecular flexibility index (Phi) is 7.73. The molecule has 1 aliphatic heterocycles. The van der Waals surface area contributed by atoms with E-state index < -0.39 is 0 Å². The Hall–Kier alpha value is -0.900. The fraction of sp³-hybridized carbons (Fsp3) is 0.812. The lowest BCUT2D eigenvalue weighted by Gasteiger charge is -2.21. The smallest absolute Gasteiger partial charge is 0.223 e. The van der Waals surface area contributed by atoms with Gasteiger partial charge in [0.1, 0.15) is 0 Å². The Morgan fingerprint density at radius 2 is 2.12 bits per heavy atom. The standard InChI is InChI=1S/C16H28N6O.HI/c1-12-19-15(21-23-12)9-18-16(17-2)20-14-7-8-22(11-14)10-13-5-3-4-6-13;/h13-14H,3-11H2,1-2H3,(H2,17,18,20);1H. The lowest BCUT2D eigenvalue weighted by molar-refractivity contribution is 0.275. The van der Waals surface area contributed by atoms with Crippen molar-refractivity contribution >= 4 is 29.9 Å². The highest BCUT2D eigenvalue weighted by Crippen LogP contribution is 2.26. The summed E-state index contributed by atoms with van der Waals surface area (Å²) in [5, 5.41) is 10.6. The summed E-state index contributed by atoms with van der Waals surface area (Å²) in [4.78, 5) is 11.1. The molecule has 1 saturated heterocycles. The molecule has 136 valence electrons. The Labute approximate surface area is 161 Å². The molecule has 1 atom stereocenters. The van der Waals surface area contributed by atoms with Gasteiger partial charge < -0.3 is 20.1 Å². The topological polar surface area (TPSA) is 78.6 Å². The number of nitrogens with one attached hydrogen (secondary N) is 2. The number of nitrogens with zero attached hydrogens (tertiary/aromatic N) is 4. The fourth-order valence-corrected chi connectivity index (χ4v) is 3.64. The molecule has 1 aromatic rings. The van der Waals surface area contributed by atoms with Gasteiger partial charge in [-0.15, -0.1) is 24.0 Å². The number of aliphatic imine (C=N–C) groups is 1. The zero-order valence-electron chi connectivity index (χ0n) is 14.6. The molecule has 1 unspecified atom stereocenters. The number of guanidine groups is 1. The van der Waals surface area contributed by atoms with E-state index in [9.17, 15) is 0 Å². The quantitative estimate of drug-likeness (QED) is 0.407. The lowest BCUT2D eigenvalue weighted by Crippen LogP contribution is -2.44. The average molecular weight is 448 g/mol. The van der Waals surface area contributed by atoms with Crippen molar-refractivity contribution < 1.29 is 4.52 Å². The van der Waals surface area contributed by atoms with E-state index >= 15 is 0 Å². The minimum Gasteiger partial charge on any atom is -0.352 e. The number of hydrogen-bond acceptors (Lipinski definition) is 5. The van der Waals surface area contributed by atoms with E-state index in [0.717, 1.165) is 18.4 Å². The third-order valence-electron chi connectivity index (χ3n) is 4.81. The molecule has 0 aromatic carbocycles. The van der Waals surface area contributed by atoms with Gasteiger partial charge in [0, 0.05) is 39.6 Å². The summed E-state index contributed by atoms with van der Waals surface area (Å²) in [5.41, 5.74) is 0. The molecule has 3 rings (SSSR count). The summed E-state index contributed by atoms with van der Waals surface area (Å²) in [6, 6.07) is 0.467. The number of hydrogen-bond donors (Lipinski definition) is 2. The fourth-order valence-electron chi connectivity index (χ4n) is 3.64. The van der Waals surface area contributed by atoms with Gasteiger partial charge >= 0.3 is 0 Å². The van der Waals surface area contributed by atoms with E-state index in [1.165, 1.54) is 45.2 Å². The van der Waals surface area contributed by atoms with Gasteiger partial charge in [-0.25, -0.2) is 0 Å². The SMILES string of the molecule is CN=C(NCc1noc(C)n1)NC1CCN(CC2CCCC2)C1.I. The monoisotopic (exact) mass is 448 g/mol. The molecule has 2 fully saturated rings. The Morgan fingerprint density at radius 1 is 1.33 bits per heavy atom. The van der Waals surface area contributed by atoms with Gasteiger partial charge in [0.2, 0.25) is 5.89 Å². The highest BCUT2D eigenvalue weighted by molar-refractivity contribution is 14.0. The first-order valence-corrected chi connectivity index (χ1v) is 8.71. The summed E-state index contributed by atoms with van der Waals surface area (Å²) in [5.74, 6) is 2.97. The molecule has 0 radical (unpaired) electrons. The van der Waals surface area contributed by atoms with Crippen LogP contribution in [0.15, 0.2) is 9.52 Å². The molecule has 2 aliphatic rings. The normalized spacial score (nSPS) is 22.6. The predicted molar refractivity (Wildman–Crippen MR) is 105 cm³/mol. The highest BCUT2D eigenvalue weighted by Gasteiger charge is 2.26. The van der Waals surface area contributed by atoms with Gasteiger partial charge in [-0.05, 0) is 25.2 Å². The van der Waals surface area contributed by atoms with Crippen molar-refractivity contribution in [2.45, 2.75) is 51.6 Å². The van der Waals surface area contributed by atoms with E-state index in [4.69, 9.17) is 4.52 Å². The van der Waals surface area contributed by atoms with Crippen LogP contribution in [0.1, 0.15) is 43.8 Å². The number of rotatable bonds is 5. The molecule has 1 saturated carbocycles. The Bertz CT molecular complexity index is 528. The molecule has 2 heterocycles. The van der Waals surface area contributed by atoms with Crippen LogP contribution in [0.2, 0.25) is 0 Å². The van der Waals surface area contributed by atoms with Gasteiger partial charge in [-0.3, -0.25) is 4.99 Å². The Morgan fingerprint density at radius 3 is 2.79 bits per heavy atom. The zero-order valence-corrected chi connectivity index (χ0v) is 17.0. The second-order valence-electron chi connectivity index (χ2n) is 6.70. The van der Waals surface area contributed by atoms with E-state index in [0.29, 0.717) is 24.3 Å². The van der Waals surface area contributed by atoms with Crippen LogP contribution in [0.4, 0.5) is 0 Å². The largest absolute Gasteiger partial charge is 0.352 e. The van der Waals surface area contributed by atoms with Crippen LogP contribution in [0, 0.1) is 12.8 Å². The van der Waals surface area contributed by atoms with Crippen molar-refractivity contribution in [2.75, 3.05) is 26.7 Å². The summed E-state index contributed by atoms with van der Waals surface area (Å²) in [6.07, 6.45) is 6.86. The minimum absolute atomic E-state index is 0. The van der Waals surface area contributed by atoms with Crippen LogP contribution < -0.4 is 10.6 Å². The predicted octanol–water partition coefficient (Wildman–Crippen LogP) is 1.93. The Balaban J connectivity index is 0.00000208. The first-order valence-electron chi connectivity index (χ1n) is 8.71. The molecule has 8 heteroatoms. The summed E-state index contributed by atoms with van der Waals surface area (Å²) < 4.78 is 4.97. The van der Waals surface area contributed by atoms with E-state index in [1.54, 1.807) is 14.0 Å². The second-order valence-corrected chi connectivity index (χ2v) is 6.70. The van der Waals surface area contributed by atoms with Gasteiger partial charge in [0.15, 0.2) is 11.8 Å². The number of aromatic nitrogens is 2. The molecule has 0 amide bonds. The number of likely N-dealkylation sites (tertiary alicyclic amines) is 1. The van der Waals surface area contributed by atoms with Crippen molar-refractivity contribution in [3.05, 3.63) is 11.7 Å². The van der Waals surface area contributed by atoms with Crippen LogP contribution >= 0.6 is 24.0 Å². The maximum Gasteiger partial charge on any atom is 0.223 e. The molecule has 1 aliphatic carbocycles. The van der Waals surface area contributed by atoms with Crippen LogP contribution in [0.25, 0.3) is 0 Å². The summed E-state index contributed by atoms with van der Waals surface area (Å²) in [6.45, 7) is 5.89. The maximum atomic E-state index is 4.97.